The summed E-state index contributed by atoms with van der Waals surface area (Å²) in [7, 11) is 0. The van der Waals surface area contributed by atoms with Gasteiger partial charge in [0.25, 0.3) is 0 Å². The monoisotopic (exact) mass is 636 g/mol. The van der Waals surface area contributed by atoms with Crippen molar-refractivity contribution in [3.05, 3.63) is 202 Å². The van der Waals surface area contributed by atoms with Crippen LogP contribution in [0.2, 0.25) is 0 Å². The Morgan fingerprint density at radius 1 is 0.320 bits per heavy atom. The van der Waals surface area contributed by atoms with Gasteiger partial charge in [-0.1, -0.05) is 158 Å². The highest BCUT2D eigenvalue weighted by Gasteiger charge is 2.17. The minimum absolute atomic E-state index is 0.0710. The maximum atomic E-state index is 9.10. The van der Waals surface area contributed by atoms with E-state index in [0.717, 1.165) is 66.8 Å². The fourth-order valence-electron chi connectivity index (χ4n) is 5.84. The van der Waals surface area contributed by atoms with Gasteiger partial charge in [0.2, 0.25) is 0 Å². The van der Waals surface area contributed by atoms with Crippen LogP contribution >= 0.6 is 0 Å². The van der Waals surface area contributed by atoms with Gasteiger partial charge < -0.3 is 0 Å². The van der Waals surface area contributed by atoms with Crippen molar-refractivity contribution >= 4 is 23.3 Å². The molecule has 0 saturated carbocycles. The van der Waals surface area contributed by atoms with E-state index in [4.69, 9.17) is 21.0 Å². The second-order valence-electron chi connectivity index (χ2n) is 11.4. The molecule has 0 fully saturated rings. The number of hydrogen-bond acceptors (Lipinski definition) is 4. The number of benzene rings is 6. The summed E-state index contributed by atoms with van der Waals surface area (Å²) >= 11 is 0. The summed E-state index contributed by atoms with van der Waals surface area (Å²) in [5.41, 5.74) is 12.5. The van der Waals surface area contributed by atoms with E-state index < -0.39 is 0 Å². The van der Waals surface area contributed by atoms with Crippen molar-refractivity contribution in [1.82, 2.24) is 0 Å². The molecule has 0 N–H and O–H groups in total. The van der Waals surface area contributed by atoms with E-state index in [1.54, 1.807) is 12.2 Å². The van der Waals surface area contributed by atoms with E-state index in [0.29, 0.717) is 0 Å². The maximum absolute atomic E-state index is 9.10. The molecule has 0 heterocycles. The molecular weight excluding hydrogens is 609 g/mol. The van der Waals surface area contributed by atoms with Crippen LogP contribution in [0.25, 0.3) is 45.6 Å². The first-order chi connectivity index (χ1) is 24.6. The first kappa shape index (κ1) is 32.4. The summed E-state index contributed by atoms with van der Waals surface area (Å²) in [6, 6.07) is 61.3. The molecule has 4 nitrogen and oxygen atoms in total. The fourth-order valence-corrected chi connectivity index (χ4v) is 5.84. The first-order valence-electron chi connectivity index (χ1n) is 15.9. The van der Waals surface area contributed by atoms with Gasteiger partial charge in [-0.15, -0.1) is 0 Å². The van der Waals surface area contributed by atoms with Crippen molar-refractivity contribution in [3.63, 3.8) is 0 Å². The van der Waals surface area contributed by atoms with Gasteiger partial charge in [-0.2, -0.15) is 21.0 Å². The Bertz CT molecular complexity index is 2180. The molecule has 0 aliphatic heterocycles. The lowest BCUT2D eigenvalue weighted by molar-refractivity contribution is 1.47. The first-order valence-corrected chi connectivity index (χ1v) is 15.9. The molecule has 0 saturated heterocycles. The molecule has 232 valence electrons. The summed E-state index contributed by atoms with van der Waals surface area (Å²) in [4.78, 5) is 0. The van der Waals surface area contributed by atoms with Crippen molar-refractivity contribution < 1.29 is 0 Å². The summed E-state index contributed by atoms with van der Waals surface area (Å²) in [6.45, 7) is 0. The van der Waals surface area contributed by atoms with Crippen LogP contribution in [-0.4, -0.2) is 0 Å². The van der Waals surface area contributed by atoms with Gasteiger partial charge in [0.1, 0.15) is 35.4 Å². The molecule has 0 aliphatic carbocycles. The average molecular weight is 637 g/mol. The van der Waals surface area contributed by atoms with Gasteiger partial charge in [0.05, 0.1) is 0 Å². The van der Waals surface area contributed by atoms with Crippen molar-refractivity contribution in [2.75, 3.05) is 0 Å². The van der Waals surface area contributed by atoms with E-state index >= 15 is 0 Å². The topological polar surface area (TPSA) is 95.2 Å². The Morgan fingerprint density at radius 2 is 0.580 bits per heavy atom. The molecule has 0 amide bonds. The Balaban J connectivity index is 1.42. The lowest BCUT2D eigenvalue weighted by Gasteiger charge is -2.19. The SMILES string of the molecule is N#CC(C#N)=Cc1ccc(-c2ccc(/C(=C(\c3ccccc3)c3ccc(-c4ccc(C=C(C#N)C#N)cc4)cc3)c3ccccc3)cc2)cc1. The molecular formula is C46H28N4. The molecule has 4 heteroatoms. The van der Waals surface area contributed by atoms with Crippen molar-refractivity contribution in [2.45, 2.75) is 0 Å². The highest BCUT2D eigenvalue weighted by Crippen LogP contribution is 2.38. The Labute approximate surface area is 292 Å². The van der Waals surface area contributed by atoms with E-state index in [9.17, 15) is 0 Å². The second-order valence-corrected chi connectivity index (χ2v) is 11.4. The zero-order valence-corrected chi connectivity index (χ0v) is 27.0. The van der Waals surface area contributed by atoms with Gasteiger partial charge in [-0.25, -0.2) is 0 Å². The Hall–Kier alpha value is -7.50. The van der Waals surface area contributed by atoms with Crippen LogP contribution in [0.1, 0.15) is 33.4 Å². The van der Waals surface area contributed by atoms with Gasteiger partial charge in [-0.05, 0) is 78.9 Å². The van der Waals surface area contributed by atoms with Crippen LogP contribution in [-0.2, 0) is 0 Å². The number of nitrogens with zero attached hydrogens (tertiary/aromatic N) is 4. The third-order valence-electron chi connectivity index (χ3n) is 8.31. The summed E-state index contributed by atoms with van der Waals surface area (Å²) in [6.07, 6.45) is 3.17. The maximum Gasteiger partial charge on any atom is 0.130 e. The molecule has 6 aromatic carbocycles. The Morgan fingerprint density at radius 3 is 0.860 bits per heavy atom. The lowest BCUT2D eigenvalue weighted by Crippen LogP contribution is -1.98. The standard InChI is InChI=1S/C46H28N4/c47-29-35(30-48)27-33-11-15-37(16-12-33)39-19-23-43(24-20-39)45(41-7-3-1-4-8-41)46(42-9-5-2-6-10-42)44-25-21-40(22-26-44)38-17-13-34(14-18-38)28-36(31-49)32-50/h1-28H/b46-45+. The van der Waals surface area contributed by atoms with Crippen LogP contribution in [0.3, 0.4) is 0 Å². The predicted octanol–water partition coefficient (Wildman–Crippen LogP) is 10.9. The van der Waals surface area contributed by atoms with E-state index in [1.165, 1.54) is 0 Å². The van der Waals surface area contributed by atoms with Crippen LogP contribution in [0.5, 0.6) is 0 Å². The summed E-state index contributed by atoms with van der Waals surface area (Å²) < 4.78 is 0. The van der Waals surface area contributed by atoms with E-state index in [-0.39, 0.29) is 11.1 Å². The minimum atomic E-state index is 0.0710. The van der Waals surface area contributed by atoms with E-state index in [2.05, 4.69) is 97.1 Å². The molecule has 0 radical (unpaired) electrons. The smallest absolute Gasteiger partial charge is 0.130 e. The number of rotatable bonds is 8. The van der Waals surface area contributed by atoms with Gasteiger partial charge in [0, 0.05) is 0 Å². The van der Waals surface area contributed by atoms with Crippen LogP contribution in [0, 0.1) is 45.3 Å². The normalized spacial score (nSPS) is 10.6. The third-order valence-corrected chi connectivity index (χ3v) is 8.31. The van der Waals surface area contributed by atoms with Crippen LogP contribution in [0.15, 0.2) is 169 Å². The van der Waals surface area contributed by atoms with Gasteiger partial charge in [-0.3, -0.25) is 0 Å². The second kappa shape index (κ2) is 15.4. The molecule has 6 rings (SSSR count). The number of nitriles is 4. The molecule has 0 spiro atoms. The molecule has 0 bridgehead atoms. The molecule has 0 unspecified atom stereocenters. The number of hydrogen-bond donors (Lipinski definition) is 0. The van der Waals surface area contributed by atoms with E-state index in [1.807, 2.05) is 84.9 Å². The molecule has 0 aromatic heterocycles. The van der Waals surface area contributed by atoms with Crippen molar-refractivity contribution in [1.29, 1.82) is 21.0 Å². The quantitative estimate of drug-likeness (QED) is 0.123. The zero-order chi connectivity index (χ0) is 34.7. The molecule has 50 heavy (non-hydrogen) atoms. The van der Waals surface area contributed by atoms with Crippen LogP contribution < -0.4 is 0 Å². The molecule has 0 aliphatic rings. The Kier molecular flexibility index (Phi) is 9.99. The minimum Gasteiger partial charge on any atom is -0.192 e. The van der Waals surface area contributed by atoms with Gasteiger partial charge >= 0.3 is 0 Å². The van der Waals surface area contributed by atoms with Crippen LogP contribution in [0.4, 0.5) is 0 Å². The average Bonchev–Trinajstić information content (AvgIpc) is 3.19. The summed E-state index contributed by atoms with van der Waals surface area (Å²) in [5.74, 6) is 0. The highest BCUT2D eigenvalue weighted by molar-refractivity contribution is 6.04. The predicted molar refractivity (Wildman–Crippen MR) is 200 cm³/mol. The largest absolute Gasteiger partial charge is 0.192 e. The van der Waals surface area contributed by atoms with Crippen molar-refractivity contribution in [3.8, 4) is 46.5 Å². The molecule has 6 aromatic rings. The lowest BCUT2D eigenvalue weighted by atomic mass is 9.85. The van der Waals surface area contributed by atoms with Gasteiger partial charge in [0.15, 0.2) is 0 Å². The van der Waals surface area contributed by atoms with Crippen molar-refractivity contribution in [2.24, 2.45) is 0 Å². The highest BCUT2D eigenvalue weighted by atomic mass is 14.3. The third kappa shape index (κ3) is 7.39. The molecule has 0 atom stereocenters. The number of allylic oxidation sites excluding steroid dienone is 2. The fraction of sp³-hybridized carbons (Fsp3) is 0. The zero-order valence-electron chi connectivity index (χ0n) is 27.0. The summed E-state index contributed by atoms with van der Waals surface area (Å²) in [5, 5.41) is 36.4.